The van der Waals surface area contributed by atoms with Crippen LogP contribution in [0.15, 0.2) is 36.7 Å². The number of aromatic nitrogens is 2. The van der Waals surface area contributed by atoms with E-state index in [1.807, 2.05) is 42.3 Å². The molecule has 5 nitrogen and oxygen atoms in total. The zero-order valence-electron chi connectivity index (χ0n) is 14.5. The van der Waals surface area contributed by atoms with E-state index < -0.39 is 0 Å². The molecule has 0 bridgehead atoms. The van der Waals surface area contributed by atoms with Crippen LogP contribution in [0.5, 0.6) is 0 Å². The van der Waals surface area contributed by atoms with E-state index in [4.69, 9.17) is 0 Å². The van der Waals surface area contributed by atoms with Gasteiger partial charge < -0.3 is 14.8 Å². The van der Waals surface area contributed by atoms with Gasteiger partial charge in [-0.25, -0.2) is 9.78 Å². The van der Waals surface area contributed by atoms with Gasteiger partial charge in [0.05, 0.1) is 0 Å². The number of piperidine rings is 1. The third kappa shape index (κ3) is 3.96. The quantitative estimate of drug-likeness (QED) is 0.931. The zero-order chi connectivity index (χ0) is 16.9. The average molecular weight is 326 g/mol. The lowest BCUT2D eigenvalue weighted by Crippen LogP contribution is -2.41. The molecular formula is C19H26N4O. The minimum atomic E-state index is 0.0101. The first-order chi connectivity index (χ1) is 11.7. The van der Waals surface area contributed by atoms with Gasteiger partial charge in [-0.1, -0.05) is 19.1 Å². The van der Waals surface area contributed by atoms with Crippen LogP contribution in [0.4, 0.5) is 10.5 Å². The van der Waals surface area contributed by atoms with Crippen molar-refractivity contribution in [1.82, 2.24) is 14.5 Å². The van der Waals surface area contributed by atoms with E-state index >= 15 is 0 Å². The summed E-state index contributed by atoms with van der Waals surface area (Å²) in [5.74, 6) is 1.77. The van der Waals surface area contributed by atoms with Crippen molar-refractivity contribution in [3.05, 3.63) is 48.0 Å². The summed E-state index contributed by atoms with van der Waals surface area (Å²) in [5, 5.41) is 3.00. The second-order valence-electron chi connectivity index (χ2n) is 6.58. The smallest absolute Gasteiger partial charge is 0.321 e. The molecule has 24 heavy (non-hydrogen) atoms. The Hall–Kier alpha value is -2.30. The first-order valence-corrected chi connectivity index (χ1v) is 8.78. The lowest BCUT2D eigenvalue weighted by atomic mass is 9.97. The highest BCUT2D eigenvalue weighted by atomic mass is 16.2. The van der Waals surface area contributed by atoms with Crippen LogP contribution in [0, 0.1) is 12.8 Å². The third-order valence-corrected chi connectivity index (χ3v) is 4.74. The molecule has 0 aliphatic carbocycles. The Labute approximate surface area is 143 Å². The molecule has 1 aliphatic rings. The Morgan fingerprint density at radius 1 is 1.33 bits per heavy atom. The molecule has 3 rings (SSSR count). The van der Waals surface area contributed by atoms with Crippen LogP contribution in [-0.4, -0.2) is 33.6 Å². The number of carbonyl (C=O) groups excluding carboxylic acids is 1. The van der Waals surface area contributed by atoms with Crippen molar-refractivity contribution < 1.29 is 4.79 Å². The minimum Gasteiger partial charge on any atom is -0.335 e. The third-order valence-electron chi connectivity index (χ3n) is 4.74. The Morgan fingerprint density at radius 3 is 2.83 bits per heavy atom. The summed E-state index contributed by atoms with van der Waals surface area (Å²) in [7, 11) is 0. The van der Waals surface area contributed by atoms with Gasteiger partial charge >= 0.3 is 6.03 Å². The van der Waals surface area contributed by atoms with Gasteiger partial charge in [-0.15, -0.1) is 0 Å². The molecule has 2 amide bonds. The number of likely N-dealkylation sites (tertiary alicyclic amines) is 1. The Kier molecular flexibility index (Phi) is 5.18. The van der Waals surface area contributed by atoms with Gasteiger partial charge in [-0.05, 0) is 43.4 Å². The first kappa shape index (κ1) is 16.6. The molecule has 128 valence electrons. The molecule has 5 heteroatoms. The van der Waals surface area contributed by atoms with Crippen LogP contribution >= 0.6 is 0 Å². The summed E-state index contributed by atoms with van der Waals surface area (Å²) in [6.45, 7) is 6.81. The van der Waals surface area contributed by atoms with Crippen molar-refractivity contribution in [3.63, 3.8) is 0 Å². The molecule has 2 heterocycles. The summed E-state index contributed by atoms with van der Waals surface area (Å²) in [6.07, 6.45) is 6.99. The molecule has 0 atom stereocenters. The summed E-state index contributed by atoms with van der Waals surface area (Å²) in [6, 6.07) is 7.94. The zero-order valence-corrected chi connectivity index (χ0v) is 14.5. The topological polar surface area (TPSA) is 50.2 Å². The number of hydrogen-bond donors (Lipinski definition) is 1. The number of anilines is 1. The maximum atomic E-state index is 12.4. The lowest BCUT2D eigenvalue weighted by Gasteiger charge is -2.32. The number of carbonyl (C=O) groups is 1. The average Bonchev–Trinajstić information content (AvgIpc) is 3.02. The van der Waals surface area contributed by atoms with Gasteiger partial charge in [0, 0.05) is 44.1 Å². The number of urea groups is 1. The molecule has 1 N–H and O–H groups in total. The predicted octanol–water partition coefficient (Wildman–Crippen LogP) is 3.70. The van der Waals surface area contributed by atoms with Crippen molar-refractivity contribution in [2.24, 2.45) is 5.92 Å². The molecule has 1 aromatic heterocycles. The van der Waals surface area contributed by atoms with Gasteiger partial charge in [0.2, 0.25) is 0 Å². The first-order valence-electron chi connectivity index (χ1n) is 8.78. The number of amides is 2. The highest BCUT2D eigenvalue weighted by molar-refractivity contribution is 5.89. The molecule has 1 aromatic carbocycles. The summed E-state index contributed by atoms with van der Waals surface area (Å²) in [5.41, 5.74) is 2.02. The fourth-order valence-electron chi connectivity index (χ4n) is 3.34. The fraction of sp³-hybridized carbons (Fsp3) is 0.474. The van der Waals surface area contributed by atoms with Crippen LogP contribution in [0.25, 0.3) is 0 Å². The van der Waals surface area contributed by atoms with E-state index in [1.54, 1.807) is 0 Å². The number of rotatable bonds is 4. The number of nitrogens with one attached hydrogen (secondary N) is 1. The molecule has 0 saturated carbocycles. The lowest BCUT2D eigenvalue weighted by molar-refractivity contribution is 0.176. The number of imidazole rings is 1. The van der Waals surface area contributed by atoms with Crippen LogP contribution in [-0.2, 0) is 13.0 Å². The molecule has 2 aromatic rings. The summed E-state index contributed by atoms with van der Waals surface area (Å²) >= 11 is 0. The normalized spacial score (nSPS) is 15.5. The van der Waals surface area contributed by atoms with Crippen molar-refractivity contribution in [2.75, 3.05) is 18.4 Å². The minimum absolute atomic E-state index is 0.0101. The number of hydrogen-bond acceptors (Lipinski definition) is 2. The molecule has 1 fully saturated rings. The van der Waals surface area contributed by atoms with Crippen molar-refractivity contribution in [1.29, 1.82) is 0 Å². The second kappa shape index (κ2) is 7.51. The number of aryl methyl sites for hydroxylation is 2. The molecular weight excluding hydrogens is 300 g/mol. The number of benzene rings is 1. The monoisotopic (exact) mass is 326 g/mol. The molecule has 0 radical (unpaired) electrons. The SMILES string of the molecule is CCc1nccn1CC1CCN(C(=O)Nc2cccc(C)c2)CC1. The summed E-state index contributed by atoms with van der Waals surface area (Å²) < 4.78 is 2.26. The Balaban J connectivity index is 1.50. The van der Waals surface area contributed by atoms with Gasteiger partial charge in [0.15, 0.2) is 0 Å². The van der Waals surface area contributed by atoms with E-state index in [0.717, 1.165) is 56.0 Å². The maximum Gasteiger partial charge on any atom is 0.321 e. The van der Waals surface area contributed by atoms with Gasteiger partial charge in [0.1, 0.15) is 5.82 Å². The van der Waals surface area contributed by atoms with E-state index in [2.05, 4.69) is 28.0 Å². The largest absolute Gasteiger partial charge is 0.335 e. The maximum absolute atomic E-state index is 12.4. The van der Waals surface area contributed by atoms with Crippen molar-refractivity contribution >= 4 is 11.7 Å². The van der Waals surface area contributed by atoms with Gasteiger partial charge in [0.25, 0.3) is 0 Å². The Morgan fingerprint density at radius 2 is 2.12 bits per heavy atom. The van der Waals surface area contributed by atoms with Gasteiger partial charge in [-0.3, -0.25) is 0 Å². The van der Waals surface area contributed by atoms with Crippen molar-refractivity contribution in [2.45, 2.75) is 39.7 Å². The standard InChI is InChI=1S/C19H26N4O/c1-3-18-20-9-12-23(18)14-16-7-10-22(11-8-16)19(24)21-17-6-4-5-15(2)13-17/h4-6,9,12-13,16H,3,7-8,10-11,14H2,1-2H3,(H,21,24). The van der Waals surface area contributed by atoms with Crippen molar-refractivity contribution in [3.8, 4) is 0 Å². The van der Waals surface area contributed by atoms with Gasteiger partial charge in [-0.2, -0.15) is 0 Å². The molecule has 1 aliphatic heterocycles. The highest BCUT2D eigenvalue weighted by Gasteiger charge is 2.23. The Bertz CT molecular complexity index is 686. The van der Waals surface area contributed by atoms with E-state index in [0.29, 0.717) is 5.92 Å². The van der Waals surface area contributed by atoms with Crippen LogP contribution in [0.1, 0.15) is 31.2 Å². The van der Waals surface area contributed by atoms with E-state index in [1.165, 1.54) is 0 Å². The van der Waals surface area contributed by atoms with Crippen LogP contribution in [0.3, 0.4) is 0 Å². The predicted molar refractivity (Wildman–Crippen MR) is 96.1 cm³/mol. The molecule has 1 saturated heterocycles. The molecule has 0 spiro atoms. The van der Waals surface area contributed by atoms with Crippen LogP contribution in [0.2, 0.25) is 0 Å². The summed E-state index contributed by atoms with van der Waals surface area (Å²) in [4.78, 5) is 18.7. The van der Waals surface area contributed by atoms with E-state index in [-0.39, 0.29) is 6.03 Å². The van der Waals surface area contributed by atoms with E-state index in [9.17, 15) is 4.79 Å². The number of nitrogens with zero attached hydrogens (tertiary/aromatic N) is 3. The fourth-order valence-corrected chi connectivity index (χ4v) is 3.34. The van der Waals surface area contributed by atoms with Crippen LogP contribution < -0.4 is 5.32 Å². The molecule has 0 unspecified atom stereocenters. The highest BCUT2D eigenvalue weighted by Crippen LogP contribution is 2.21. The second-order valence-corrected chi connectivity index (χ2v) is 6.58.